The van der Waals surface area contributed by atoms with Crippen LogP contribution in [0.4, 0.5) is 5.69 Å². The van der Waals surface area contributed by atoms with Crippen LogP contribution in [-0.4, -0.2) is 37.6 Å². The molecular formula is C15H21N3O3. The molecule has 0 saturated carbocycles. The number of hydrogen-bond acceptors (Lipinski definition) is 4. The monoisotopic (exact) mass is 291 g/mol. The predicted molar refractivity (Wildman–Crippen MR) is 80.2 cm³/mol. The molecule has 2 rings (SSSR count). The lowest BCUT2D eigenvalue weighted by Crippen LogP contribution is -2.43. The normalized spacial score (nSPS) is 19.5. The predicted octanol–water partition coefficient (Wildman–Crippen LogP) is 0.654. The lowest BCUT2D eigenvalue weighted by atomic mass is 10.2. The molecule has 21 heavy (non-hydrogen) atoms. The van der Waals surface area contributed by atoms with E-state index in [2.05, 4.69) is 5.32 Å². The van der Waals surface area contributed by atoms with Gasteiger partial charge in [-0.15, -0.1) is 0 Å². The van der Waals surface area contributed by atoms with Crippen LogP contribution in [-0.2, 0) is 9.59 Å². The first-order valence-electron chi connectivity index (χ1n) is 7.02. The van der Waals surface area contributed by atoms with Crippen LogP contribution in [0, 0.1) is 0 Å². The third-order valence-electron chi connectivity index (χ3n) is 3.42. The maximum absolute atomic E-state index is 12.4. The molecule has 0 aromatic heterocycles. The topological polar surface area (TPSA) is 84.7 Å². The van der Waals surface area contributed by atoms with E-state index in [1.807, 2.05) is 24.3 Å². The second-order valence-electron chi connectivity index (χ2n) is 5.25. The van der Waals surface area contributed by atoms with Gasteiger partial charge in [-0.3, -0.25) is 9.59 Å². The molecule has 2 atom stereocenters. The number of nitrogens with two attached hydrogens (primary N) is 1. The Kier molecular flexibility index (Phi) is 4.80. The number of anilines is 1. The Morgan fingerprint density at radius 1 is 1.52 bits per heavy atom. The van der Waals surface area contributed by atoms with Crippen molar-refractivity contribution in [2.45, 2.75) is 31.8 Å². The van der Waals surface area contributed by atoms with Crippen molar-refractivity contribution in [3.05, 3.63) is 24.3 Å². The van der Waals surface area contributed by atoms with E-state index in [1.165, 1.54) is 0 Å². The van der Waals surface area contributed by atoms with Gasteiger partial charge in [0, 0.05) is 19.0 Å². The highest BCUT2D eigenvalue weighted by molar-refractivity contribution is 6.02. The summed E-state index contributed by atoms with van der Waals surface area (Å²) in [5, 5.41) is 2.75. The lowest BCUT2D eigenvalue weighted by molar-refractivity contribution is -0.126. The van der Waals surface area contributed by atoms with Crippen molar-refractivity contribution in [1.82, 2.24) is 5.32 Å². The van der Waals surface area contributed by atoms with Crippen molar-refractivity contribution in [1.29, 1.82) is 0 Å². The van der Waals surface area contributed by atoms with Gasteiger partial charge in [0.15, 0.2) is 0 Å². The molecule has 1 aromatic carbocycles. The smallest absolute Gasteiger partial charge is 0.249 e. The van der Waals surface area contributed by atoms with Crippen LogP contribution in [0.15, 0.2) is 24.3 Å². The van der Waals surface area contributed by atoms with Crippen LogP contribution in [0.5, 0.6) is 5.75 Å². The molecule has 0 aliphatic carbocycles. The van der Waals surface area contributed by atoms with Crippen LogP contribution in [0.2, 0.25) is 0 Å². The fourth-order valence-electron chi connectivity index (χ4n) is 2.45. The zero-order valence-corrected chi connectivity index (χ0v) is 12.3. The molecule has 3 N–H and O–H groups in total. The molecule has 6 heteroatoms. The third-order valence-corrected chi connectivity index (χ3v) is 3.42. The second kappa shape index (κ2) is 6.58. The van der Waals surface area contributed by atoms with E-state index in [0.717, 1.165) is 5.69 Å². The summed E-state index contributed by atoms with van der Waals surface area (Å²) in [6.07, 6.45) is 0.806. The van der Waals surface area contributed by atoms with Gasteiger partial charge in [0.05, 0.1) is 12.8 Å². The Morgan fingerprint density at radius 2 is 2.24 bits per heavy atom. The van der Waals surface area contributed by atoms with Crippen molar-refractivity contribution in [3.63, 3.8) is 0 Å². The van der Waals surface area contributed by atoms with Crippen LogP contribution >= 0.6 is 0 Å². The standard InChI is InChI=1S/C15H21N3O3/c1-10(16)9-14(19)17-11-7-8-18(15(11)20)12-5-3-4-6-13(12)21-2/h3-6,10-11H,7-9,16H2,1-2H3,(H,17,19). The molecular weight excluding hydrogens is 270 g/mol. The molecule has 1 heterocycles. The molecule has 114 valence electrons. The summed E-state index contributed by atoms with van der Waals surface area (Å²) in [7, 11) is 1.57. The molecule has 0 bridgehead atoms. The quantitative estimate of drug-likeness (QED) is 0.834. The van der Waals surface area contributed by atoms with E-state index >= 15 is 0 Å². The minimum absolute atomic E-state index is 0.113. The maximum Gasteiger partial charge on any atom is 0.249 e. The Balaban J connectivity index is 2.06. The van der Waals surface area contributed by atoms with Gasteiger partial charge < -0.3 is 20.7 Å². The van der Waals surface area contributed by atoms with Crippen molar-refractivity contribution >= 4 is 17.5 Å². The van der Waals surface area contributed by atoms with E-state index in [1.54, 1.807) is 18.9 Å². The second-order valence-corrected chi connectivity index (χ2v) is 5.25. The SMILES string of the molecule is COc1ccccc1N1CCC(NC(=O)CC(C)N)C1=O. The number of nitrogens with one attached hydrogen (secondary N) is 1. The van der Waals surface area contributed by atoms with Gasteiger partial charge >= 0.3 is 0 Å². The van der Waals surface area contributed by atoms with Crippen molar-refractivity contribution < 1.29 is 14.3 Å². The van der Waals surface area contributed by atoms with Crippen LogP contribution in [0.25, 0.3) is 0 Å². The molecule has 2 unspecified atom stereocenters. The highest BCUT2D eigenvalue weighted by atomic mass is 16.5. The number of para-hydroxylation sites is 2. The fourth-order valence-corrected chi connectivity index (χ4v) is 2.45. The molecule has 1 aromatic rings. The zero-order valence-electron chi connectivity index (χ0n) is 12.3. The molecule has 1 fully saturated rings. The van der Waals surface area contributed by atoms with Gasteiger partial charge in [-0.2, -0.15) is 0 Å². The number of ether oxygens (including phenoxy) is 1. The highest BCUT2D eigenvalue weighted by Crippen LogP contribution is 2.30. The number of benzene rings is 1. The number of carbonyl (C=O) groups excluding carboxylic acids is 2. The zero-order chi connectivity index (χ0) is 15.4. The van der Waals surface area contributed by atoms with Gasteiger partial charge in [0.1, 0.15) is 11.8 Å². The van der Waals surface area contributed by atoms with E-state index in [9.17, 15) is 9.59 Å². The number of methoxy groups -OCH3 is 1. The number of rotatable bonds is 5. The van der Waals surface area contributed by atoms with Gasteiger partial charge in [0.2, 0.25) is 11.8 Å². The Hall–Kier alpha value is -2.08. The maximum atomic E-state index is 12.4. The average Bonchev–Trinajstić information content (AvgIpc) is 2.79. The van der Waals surface area contributed by atoms with Crippen molar-refractivity contribution in [2.24, 2.45) is 5.73 Å². The summed E-state index contributed by atoms with van der Waals surface area (Å²) in [4.78, 5) is 25.8. The third kappa shape index (κ3) is 3.52. The molecule has 0 spiro atoms. The van der Waals surface area contributed by atoms with Gasteiger partial charge in [-0.1, -0.05) is 12.1 Å². The van der Waals surface area contributed by atoms with Crippen LogP contribution < -0.4 is 20.7 Å². The Bertz CT molecular complexity index is 531. The Labute approximate surface area is 124 Å². The van der Waals surface area contributed by atoms with E-state index in [-0.39, 0.29) is 24.3 Å². The number of carbonyl (C=O) groups is 2. The first-order chi connectivity index (χ1) is 10.0. The van der Waals surface area contributed by atoms with E-state index in [4.69, 9.17) is 10.5 Å². The molecule has 1 aliphatic rings. The molecule has 0 radical (unpaired) electrons. The van der Waals surface area contributed by atoms with Crippen molar-refractivity contribution in [3.8, 4) is 5.75 Å². The van der Waals surface area contributed by atoms with Gasteiger partial charge in [-0.25, -0.2) is 0 Å². The Morgan fingerprint density at radius 3 is 2.90 bits per heavy atom. The minimum Gasteiger partial charge on any atom is -0.495 e. The van der Waals surface area contributed by atoms with Gasteiger partial charge in [0.25, 0.3) is 0 Å². The van der Waals surface area contributed by atoms with E-state index < -0.39 is 6.04 Å². The lowest BCUT2D eigenvalue weighted by Gasteiger charge is -2.19. The van der Waals surface area contributed by atoms with Crippen molar-refractivity contribution in [2.75, 3.05) is 18.6 Å². The summed E-state index contributed by atoms with van der Waals surface area (Å²) in [6.45, 7) is 2.32. The number of amides is 2. The molecule has 6 nitrogen and oxygen atoms in total. The number of nitrogens with zero attached hydrogens (tertiary/aromatic N) is 1. The summed E-state index contributed by atoms with van der Waals surface area (Å²) < 4.78 is 5.28. The largest absolute Gasteiger partial charge is 0.495 e. The molecule has 2 amide bonds. The first-order valence-corrected chi connectivity index (χ1v) is 7.02. The minimum atomic E-state index is -0.485. The highest BCUT2D eigenvalue weighted by Gasteiger charge is 2.34. The summed E-state index contributed by atoms with van der Waals surface area (Å²) >= 11 is 0. The molecule has 1 saturated heterocycles. The summed E-state index contributed by atoms with van der Waals surface area (Å²) in [5.41, 5.74) is 6.32. The van der Waals surface area contributed by atoms with E-state index in [0.29, 0.717) is 18.7 Å². The summed E-state index contributed by atoms with van der Waals surface area (Å²) in [6, 6.07) is 6.65. The summed E-state index contributed by atoms with van der Waals surface area (Å²) in [5.74, 6) is 0.344. The fraction of sp³-hybridized carbons (Fsp3) is 0.467. The van der Waals surface area contributed by atoms with Crippen LogP contribution in [0.3, 0.4) is 0 Å². The van der Waals surface area contributed by atoms with Crippen LogP contribution in [0.1, 0.15) is 19.8 Å². The average molecular weight is 291 g/mol. The first kappa shape index (κ1) is 15.3. The number of hydrogen-bond donors (Lipinski definition) is 2. The van der Waals surface area contributed by atoms with Gasteiger partial charge in [-0.05, 0) is 25.5 Å². The molecule has 1 aliphatic heterocycles.